The zero-order valence-electron chi connectivity index (χ0n) is 15.7. The van der Waals surface area contributed by atoms with E-state index in [0.29, 0.717) is 5.56 Å². The molecule has 0 saturated heterocycles. The Kier molecular flexibility index (Phi) is 6.02. The van der Waals surface area contributed by atoms with Crippen LogP contribution in [0.5, 0.6) is 0 Å². The Bertz CT molecular complexity index is 1060. The van der Waals surface area contributed by atoms with E-state index < -0.39 is 0 Å². The van der Waals surface area contributed by atoms with Crippen LogP contribution in [0.3, 0.4) is 0 Å². The molecule has 0 saturated carbocycles. The minimum absolute atomic E-state index is 0.0840. The first-order valence-corrected chi connectivity index (χ1v) is 11.0. The molecular weight excluding hydrogens is 402 g/mol. The van der Waals surface area contributed by atoms with E-state index in [0.717, 1.165) is 27.6 Å². The summed E-state index contributed by atoms with van der Waals surface area (Å²) in [6.07, 6.45) is 3.15. The number of nitrogens with zero attached hydrogens (tertiary/aromatic N) is 4. The fourth-order valence-electron chi connectivity index (χ4n) is 2.86. The third kappa shape index (κ3) is 4.72. The van der Waals surface area contributed by atoms with Crippen molar-refractivity contribution in [2.75, 3.05) is 0 Å². The van der Waals surface area contributed by atoms with Crippen molar-refractivity contribution in [2.24, 2.45) is 0 Å². The summed E-state index contributed by atoms with van der Waals surface area (Å²) >= 11 is 3.20. The van der Waals surface area contributed by atoms with Gasteiger partial charge in [-0.3, -0.25) is 4.79 Å². The number of benzene rings is 2. The highest BCUT2D eigenvalue weighted by Crippen LogP contribution is 2.27. The van der Waals surface area contributed by atoms with Crippen molar-refractivity contribution in [1.29, 1.82) is 0 Å². The van der Waals surface area contributed by atoms with Crippen LogP contribution in [0.25, 0.3) is 5.69 Å². The van der Waals surface area contributed by atoms with Crippen LogP contribution < -0.4 is 5.32 Å². The Balaban J connectivity index is 1.43. The van der Waals surface area contributed by atoms with Gasteiger partial charge < -0.3 is 5.32 Å². The average Bonchev–Trinajstić information content (AvgIpc) is 3.47. The van der Waals surface area contributed by atoms with Crippen LogP contribution in [0.1, 0.15) is 34.6 Å². The molecule has 1 atom stereocenters. The van der Waals surface area contributed by atoms with E-state index in [-0.39, 0.29) is 11.9 Å². The second kappa shape index (κ2) is 9.02. The van der Waals surface area contributed by atoms with E-state index in [1.807, 2.05) is 66.3 Å². The number of aromatic nitrogens is 4. The van der Waals surface area contributed by atoms with Crippen LogP contribution in [0, 0.1) is 0 Å². The molecule has 0 aliphatic heterocycles. The number of hydrogen-bond acceptors (Lipinski definition) is 6. The number of hydrogen-bond donors (Lipinski definition) is 1. The molecule has 0 aliphatic carbocycles. The summed E-state index contributed by atoms with van der Waals surface area (Å²) in [6.45, 7) is 1.98. The highest BCUT2D eigenvalue weighted by Gasteiger charge is 2.15. The van der Waals surface area contributed by atoms with E-state index in [9.17, 15) is 4.79 Å². The van der Waals surface area contributed by atoms with Gasteiger partial charge in [0, 0.05) is 16.0 Å². The van der Waals surface area contributed by atoms with Crippen molar-refractivity contribution < 1.29 is 4.79 Å². The number of amides is 1. The van der Waals surface area contributed by atoms with Gasteiger partial charge in [0.2, 0.25) is 0 Å². The van der Waals surface area contributed by atoms with Crippen LogP contribution in [0.2, 0.25) is 0 Å². The summed E-state index contributed by atoms with van der Waals surface area (Å²) in [5.74, 6) is 0.659. The average molecular weight is 422 g/mol. The molecule has 0 radical (unpaired) electrons. The van der Waals surface area contributed by atoms with Crippen LogP contribution in [0.15, 0.2) is 77.0 Å². The molecule has 0 spiro atoms. The first-order valence-electron chi connectivity index (χ1n) is 9.05. The summed E-state index contributed by atoms with van der Waals surface area (Å²) in [7, 11) is 0. The molecule has 2 heterocycles. The summed E-state index contributed by atoms with van der Waals surface area (Å²) in [5, 5.41) is 9.25. The summed E-state index contributed by atoms with van der Waals surface area (Å²) in [4.78, 5) is 22.1. The zero-order chi connectivity index (χ0) is 20.1. The molecule has 0 fully saturated rings. The molecule has 4 aromatic rings. The highest BCUT2D eigenvalue weighted by molar-refractivity contribution is 7.98. The SMILES string of the molecule is CC(NC(=O)c1ccccc1SCc1cscn1)c1ccc(-n2cncn2)cc1. The van der Waals surface area contributed by atoms with Gasteiger partial charge in [-0.15, -0.1) is 23.1 Å². The lowest BCUT2D eigenvalue weighted by molar-refractivity contribution is 0.0937. The maximum Gasteiger partial charge on any atom is 0.252 e. The lowest BCUT2D eigenvalue weighted by Gasteiger charge is -2.16. The Morgan fingerprint density at radius 1 is 1.21 bits per heavy atom. The quantitative estimate of drug-likeness (QED) is 0.445. The van der Waals surface area contributed by atoms with Gasteiger partial charge >= 0.3 is 0 Å². The predicted molar refractivity (Wildman–Crippen MR) is 115 cm³/mol. The molecule has 0 bridgehead atoms. The zero-order valence-corrected chi connectivity index (χ0v) is 17.4. The number of carbonyl (C=O) groups is 1. The number of rotatable bonds is 7. The van der Waals surface area contributed by atoms with Gasteiger partial charge in [-0.05, 0) is 36.8 Å². The minimum atomic E-state index is -0.121. The number of thioether (sulfide) groups is 1. The third-order valence-corrected chi connectivity index (χ3v) is 6.16. The molecule has 2 aromatic carbocycles. The van der Waals surface area contributed by atoms with Gasteiger partial charge in [-0.1, -0.05) is 24.3 Å². The Labute approximate surface area is 177 Å². The molecule has 146 valence electrons. The Hall–Kier alpha value is -2.97. The van der Waals surface area contributed by atoms with Crippen molar-refractivity contribution in [2.45, 2.75) is 23.6 Å². The number of thiazole rings is 1. The van der Waals surface area contributed by atoms with Crippen LogP contribution >= 0.6 is 23.1 Å². The minimum Gasteiger partial charge on any atom is -0.345 e. The first-order chi connectivity index (χ1) is 14.2. The van der Waals surface area contributed by atoms with Crippen molar-refractivity contribution in [1.82, 2.24) is 25.1 Å². The van der Waals surface area contributed by atoms with E-state index in [1.165, 1.54) is 6.33 Å². The second-order valence-electron chi connectivity index (χ2n) is 6.39. The Morgan fingerprint density at radius 2 is 2.03 bits per heavy atom. The molecule has 0 aliphatic rings. The van der Waals surface area contributed by atoms with Gasteiger partial charge in [0.1, 0.15) is 12.7 Å². The van der Waals surface area contributed by atoms with Gasteiger partial charge in [0.25, 0.3) is 5.91 Å². The summed E-state index contributed by atoms with van der Waals surface area (Å²) in [5.41, 5.74) is 5.47. The molecule has 1 amide bonds. The standard InChI is InChI=1S/C21H19N5OS2/c1-15(16-6-8-18(9-7-16)26-13-22-12-24-26)25-21(27)19-4-2-3-5-20(19)29-11-17-10-28-14-23-17/h2-10,12-15H,11H2,1H3,(H,25,27). The van der Waals surface area contributed by atoms with E-state index in [4.69, 9.17) is 0 Å². The topological polar surface area (TPSA) is 72.7 Å². The smallest absolute Gasteiger partial charge is 0.252 e. The van der Waals surface area contributed by atoms with E-state index >= 15 is 0 Å². The predicted octanol–water partition coefficient (Wildman–Crippen LogP) is 4.51. The molecular formula is C21H19N5OS2. The lowest BCUT2D eigenvalue weighted by Crippen LogP contribution is -2.27. The first kappa shape index (κ1) is 19.4. The fraction of sp³-hybridized carbons (Fsp3) is 0.143. The van der Waals surface area contributed by atoms with Crippen LogP contribution in [-0.2, 0) is 5.75 Å². The van der Waals surface area contributed by atoms with Crippen LogP contribution in [0.4, 0.5) is 0 Å². The lowest BCUT2D eigenvalue weighted by atomic mass is 10.1. The number of nitrogens with one attached hydrogen (secondary N) is 1. The van der Waals surface area contributed by atoms with Gasteiger partial charge in [0.15, 0.2) is 0 Å². The van der Waals surface area contributed by atoms with E-state index in [1.54, 1.807) is 34.1 Å². The summed E-state index contributed by atoms with van der Waals surface area (Å²) in [6, 6.07) is 15.5. The largest absolute Gasteiger partial charge is 0.345 e. The van der Waals surface area contributed by atoms with Crippen molar-refractivity contribution in [3.8, 4) is 5.69 Å². The van der Waals surface area contributed by atoms with Gasteiger partial charge in [-0.2, -0.15) is 5.10 Å². The summed E-state index contributed by atoms with van der Waals surface area (Å²) < 4.78 is 1.70. The van der Waals surface area contributed by atoms with Gasteiger partial charge in [0.05, 0.1) is 28.5 Å². The molecule has 2 aromatic heterocycles. The molecule has 1 unspecified atom stereocenters. The van der Waals surface area contributed by atoms with E-state index in [2.05, 4.69) is 20.4 Å². The monoisotopic (exact) mass is 421 g/mol. The van der Waals surface area contributed by atoms with Crippen molar-refractivity contribution in [3.63, 3.8) is 0 Å². The fourth-order valence-corrected chi connectivity index (χ4v) is 4.47. The molecule has 8 heteroatoms. The van der Waals surface area contributed by atoms with Crippen LogP contribution in [-0.4, -0.2) is 25.7 Å². The molecule has 6 nitrogen and oxygen atoms in total. The third-order valence-electron chi connectivity index (χ3n) is 4.41. The highest BCUT2D eigenvalue weighted by atomic mass is 32.2. The van der Waals surface area contributed by atoms with Crippen molar-refractivity contribution in [3.05, 3.63) is 88.9 Å². The molecule has 29 heavy (non-hydrogen) atoms. The maximum atomic E-state index is 12.9. The Morgan fingerprint density at radius 3 is 2.76 bits per heavy atom. The normalized spacial score (nSPS) is 11.9. The van der Waals surface area contributed by atoms with Gasteiger partial charge in [-0.25, -0.2) is 14.6 Å². The second-order valence-corrected chi connectivity index (χ2v) is 8.13. The molecule has 1 N–H and O–H groups in total. The molecule has 4 rings (SSSR count). The maximum absolute atomic E-state index is 12.9. The number of carbonyl (C=O) groups excluding carboxylic acids is 1. The van der Waals surface area contributed by atoms with Crippen molar-refractivity contribution >= 4 is 29.0 Å².